The topological polar surface area (TPSA) is 43.1 Å². The predicted octanol–water partition coefficient (Wildman–Crippen LogP) is 5.64. The van der Waals surface area contributed by atoms with Gasteiger partial charge in [-0.3, -0.25) is 4.40 Å². The fraction of sp³-hybridized carbons (Fsp3) is 0.0417. The van der Waals surface area contributed by atoms with Gasteiger partial charge in [0, 0.05) is 21.5 Å². The number of aryl methyl sites for hydroxylation is 1. The van der Waals surface area contributed by atoms with E-state index in [0.29, 0.717) is 0 Å². The number of rotatable bonds is 0. The summed E-state index contributed by atoms with van der Waals surface area (Å²) in [5.41, 5.74) is 6.16. The molecule has 0 saturated carbocycles. The summed E-state index contributed by atoms with van der Waals surface area (Å²) in [5, 5.41) is 7.00. The Hall–Kier alpha value is -3.79. The highest BCUT2D eigenvalue weighted by atomic mass is 15.0. The molecule has 0 N–H and O–H groups in total. The van der Waals surface area contributed by atoms with Crippen LogP contribution in [0.4, 0.5) is 0 Å². The monoisotopic (exact) mass is 358 g/mol. The van der Waals surface area contributed by atoms with Crippen LogP contribution in [0.5, 0.6) is 0 Å². The van der Waals surface area contributed by atoms with Gasteiger partial charge in [-0.25, -0.2) is 15.0 Å². The zero-order valence-electron chi connectivity index (χ0n) is 15.1. The summed E-state index contributed by atoms with van der Waals surface area (Å²) in [6.45, 7) is 2.09. The van der Waals surface area contributed by atoms with Crippen LogP contribution in [0, 0.1) is 6.92 Å². The van der Waals surface area contributed by atoms with E-state index in [1.165, 1.54) is 16.2 Å². The minimum Gasteiger partial charge on any atom is -0.288 e. The number of aromatic nitrogens is 4. The van der Waals surface area contributed by atoms with Crippen LogP contribution >= 0.6 is 0 Å². The molecular formula is C24H14N4. The van der Waals surface area contributed by atoms with E-state index in [1.54, 1.807) is 6.33 Å². The van der Waals surface area contributed by atoms with Crippen LogP contribution in [0.25, 0.3) is 60.0 Å². The van der Waals surface area contributed by atoms with Crippen LogP contribution in [0.15, 0.2) is 67.0 Å². The summed E-state index contributed by atoms with van der Waals surface area (Å²) in [4.78, 5) is 14.4. The lowest BCUT2D eigenvalue weighted by molar-refractivity contribution is 1.23. The van der Waals surface area contributed by atoms with Crippen molar-refractivity contribution in [2.75, 3.05) is 0 Å². The molecule has 0 spiro atoms. The van der Waals surface area contributed by atoms with E-state index in [0.717, 1.165) is 49.6 Å². The molecule has 0 fully saturated rings. The highest BCUT2D eigenvalue weighted by molar-refractivity contribution is 6.23. The Labute approximate surface area is 159 Å². The smallest absolute Gasteiger partial charge is 0.146 e. The van der Waals surface area contributed by atoms with Crippen molar-refractivity contribution in [3.63, 3.8) is 0 Å². The van der Waals surface area contributed by atoms with Crippen molar-refractivity contribution < 1.29 is 0 Å². The van der Waals surface area contributed by atoms with E-state index < -0.39 is 0 Å². The normalized spacial score (nSPS) is 12.5. The van der Waals surface area contributed by atoms with Gasteiger partial charge in [-0.1, -0.05) is 48.5 Å². The SMILES string of the molecule is Cc1nc2c3cc4ccccc4cc3c3ncnc4c5ccccc5c1n2c34. The number of nitrogens with zero attached hydrogens (tertiary/aromatic N) is 4. The molecule has 4 heterocycles. The maximum atomic E-state index is 5.01. The molecule has 4 heteroatoms. The molecule has 4 aromatic heterocycles. The fourth-order valence-electron chi connectivity index (χ4n) is 4.75. The Morgan fingerprint density at radius 1 is 0.679 bits per heavy atom. The van der Waals surface area contributed by atoms with Gasteiger partial charge in [0.15, 0.2) is 0 Å². The first-order valence-electron chi connectivity index (χ1n) is 9.39. The summed E-state index contributed by atoms with van der Waals surface area (Å²) in [6.07, 6.45) is 1.68. The Bertz CT molecular complexity index is 1730. The van der Waals surface area contributed by atoms with Crippen molar-refractivity contribution in [3.8, 4) is 0 Å². The second-order valence-corrected chi connectivity index (χ2v) is 7.41. The lowest BCUT2D eigenvalue weighted by Crippen LogP contribution is -1.99. The fourth-order valence-corrected chi connectivity index (χ4v) is 4.75. The Balaban J connectivity index is 1.93. The predicted molar refractivity (Wildman–Crippen MR) is 114 cm³/mol. The first kappa shape index (κ1) is 14.3. The molecule has 0 radical (unpaired) electrons. The quantitative estimate of drug-likeness (QED) is 0.260. The van der Waals surface area contributed by atoms with E-state index in [9.17, 15) is 0 Å². The van der Waals surface area contributed by atoms with Gasteiger partial charge in [0.25, 0.3) is 0 Å². The number of hydrogen-bond donors (Lipinski definition) is 0. The van der Waals surface area contributed by atoms with Gasteiger partial charge in [0.1, 0.15) is 17.5 Å². The third-order valence-electron chi connectivity index (χ3n) is 5.92. The van der Waals surface area contributed by atoms with E-state index >= 15 is 0 Å². The molecule has 4 nitrogen and oxygen atoms in total. The van der Waals surface area contributed by atoms with Crippen LogP contribution in [0.2, 0.25) is 0 Å². The molecule has 0 aliphatic heterocycles. The summed E-state index contributed by atoms with van der Waals surface area (Å²) in [7, 11) is 0. The van der Waals surface area contributed by atoms with Gasteiger partial charge in [-0.05, 0) is 29.8 Å². The molecule has 7 rings (SSSR count). The van der Waals surface area contributed by atoms with Crippen molar-refractivity contribution in [3.05, 3.63) is 72.7 Å². The number of benzene rings is 3. The number of hydrogen-bond acceptors (Lipinski definition) is 3. The molecule has 0 bridgehead atoms. The first-order chi connectivity index (χ1) is 13.8. The van der Waals surface area contributed by atoms with Gasteiger partial charge in [-0.2, -0.15) is 0 Å². The molecule has 0 atom stereocenters. The third-order valence-corrected chi connectivity index (χ3v) is 5.92. The van der Waals surface area contributed by atoms with Crippen molar-refractivity contribution in [2.45, 2.75) is 6.92 Å². The molecule has 0 saturated heterocycles. The van der Waals surface area contributed by atoms with E-state index in [2.05, 4.69) is 77.0 Å². The van der Waals surface area contributed by atoms with Crippen molar-refractivity contribution in [1.82, 2.24) is 19.4 Å². The van der Waals surface area contributed by atoms with E-state index in [1.807, 2.05) is 0 Å². The van der Waals surface area contributed by atoms with Gasteiger partial charge in [0.05, 0.1) is 22.2 Å². The number of imidazole rings is 1. The molecular weight excluding hydrogens is 344 g/mol. The highest BCUT2D eigenvalue weighted by Gasteiger charge is 2.21. The number of pyridine rings is 2. The Morgan fingerprint density at radius 2 is 1.32 bits per heavy atom. The van der Waals surface area contributed by atoms with Crippen LogP contribution in [-0.4, -0.2) is 19.4 Å². The third kappa shape index (κ3) is 1.55. The van der Waals surface area contributed by atoms with Crippen LogP contribution in [0.3, 0.4) is 0 Å². The number of fused-ring (bicyclic) bond motifs is 7. The van der Waals surface area contributed by atoms with E-state index in [4.69, 9.17) is 9.97 Å². The molecule has 0 unspecified atom stereocenters. The van der Waals surface area contributed by atoms with E-state index in [-0.39, 0.29) is 0 Å². The van der Waals surface area contributed by atoms with Crippen molar-refractivity contribution in [1.29, 1.82) is 0 Å². The maximum absolute atomic E-state index is 5.01. The van der Waals surface area contributed by atoms with Gasteiger partial charge < -0.3 is 0 Å². The summed E-state index contributed by atoms with van der Waals surface area (Å²) < 4.78 is 2.26. The molecule has 7 aromatic rings. The standard InChI is InChI=1S/C24H14N4/c1-13-22-17-9-5-4-8-16(17)20-23-21(26-12-25-20)18-10-14-6-2-3-7-15(14)11-19(18)24(27-13)28(22)23/h2-12H,1H3. The average molecular weight is 358 g/mol. The average Bonchev–Trinajstić information content (AvgIpc) is 3.10. The minimum atomic E-state index is 0.977. The van der Waals surface area contributed by atoms with Crippen molar-refractivity contribution >= 4 is 60.0 Å². The molecule has 0 amide bonds. The highest BCUT2D eigenvalue weighted by Crippen LogP contribution is 2.39. The summed E-state index contributed by atoms with van der Waals surface area (Å²) >= 11 is 0. The largest absolute Gasteiger partial charge is 0.288 e. The van der Waals surface area contributed by atoms with Gasteiger partial charge in [0.2, 0.25) is 0 Å². The summed E-state index contributed by atoms with van der Waals surface area (Å²) in [6, 6.07) is 21.4. The van der Waals surface area contributed by atoms with Crippen LogP contribution in [-0.2, 0) is 0 Å². The maximum Gasteiger partial charge on any atom is 0.146 e. The van der Waals surface area contributed by atoms with Gasteiger partial charge >= 0.3 is 0 Å². The first-order valence-corrected chi connectivity index (χ1v) is 9.39. The molecule has 28 heavy (non-hydrogen) atoms. The molecule has 0 aliphatic carbocycles. The zero-order valence-corrected chi connectivity index (χ0v) is 15.1. The van der Waals surface area contributed by atoms with Crippen molar-refractivity contribution in [2.24, 2.45) is 0 Å². The second-order valence-electron chi connectivity index (χ2n) is 7.41. The summed E-state index contributed by atoms with van der Waals surface area (Å²) in [5.74, 6) is 0. The van der Waals surface area contributed by atoms with Gasteiger partial charge in [-0.15, -0.1) is 0 Å². The molecule has 3 aromatic carbocycles. The zero-order chi connectivity index (χ0) is 18.4. The lowest BCUT2D eigenvalue weighted by Gasteiger charge is -2.14. The second kappa shape index (κ2) is 4.73. The lowest BCUT2D eigenvalue weighted by atomic mass is 10.0. The van der Waals surface area contributed by atoms with Crippen LogP contribution < -0.4 is 0 Å². The Morgan fingerprint density at radius 3 is 2.11 bits per heavy atom. The molecule has 130 valence electrons. The van der Waals surface area contributed by atoms with Crippen LogP contribution in [0.1, 0.15) is 5.69 Å². The Kier molecular flexibility index (Phi) is 2.41. The minimum absolute atomic E-state index is 0.977. The molecule has 0 aliphatic rings.